The molecule has 1 saturated carbocycles. The Kier molecular flexibility index (Phi) is 8.82. The van der Waals surface area contributed by atoms with Gasteiger partial charge in [-0.15, -0.1) is 0 Å². The second-order valence-electron chi connectivity index (χ2n) is 14.2. The highest BCUT2D eigenvalue weighted by molar-refractivity contribution is 6.02. The van der Waals surface area contributed by atoms with Gasteiger partial charge in [-0.2, -0.15) is 13.2 Å². The minimum Gasteiger partial charge on any atom is -0.450 e. The second kappa shape index (κ2) is 12.1. The summed E-state index contributed by atoms with van der Waals surface area (Å²) >= 11 is 0. The lowest BCUT2D eigenvalue weighted by atomic mass is 9.85. The molecule has 2 aliphatic heterocycles. The number of nitrogens with zero attached hydrogens (tertiary/aromatic N) is 2. The van der Waals surface area contributed by atoms with Crippen LogP contribution in [0.4, 0.5) is 18.0 Å². The molecule has 6 atom stereocenters. The largest absolute Gasteiger partial charge is 0.450 e. The molecule has 1 aliphatic carbocycles. The molecular weight excluding hydrogens is 623 g/mol. The lowest BCUT2D eigenvalue weighted by Gasteiger charge is -2.37. The number of carbonyl (C=O) groups excluding carboxylic acids is 5. The summed E-state index contributed by atoms with van der Waals surface area (Å²) in [5.41, 5.74) is -2.96. The third-order valence-corrected chi connectivity index (χ3v) is 9.66. The van der Waals surface area contributed by atoms with E-state index in [0.29, 0.717) is 13.0 Å². The normalized spacial score (nSPS) is 24.7. The van der Waals surface area contributed by atoms with Crippen LogP contribution in [-0.2, 0) is 25.3 Å². The van der Waals surface area contributed by atoms with Crippen molar-refractivity contribution >= 4 is 40.7 Å². The SMILES string of the molecule is CCOC(=O)N[C@H](C(=O)N1C[C@H]2[C@@H]([C@H]1C(=O)N[C@@H](C[C@@H]1CCNC1=O)C(=O)c1nc3c(C(F)(F)F)cccc3o1)C2(C)C)C(C)(C)C. The summed E-state index contributed by atoms with van der Waals surface area (Å²) in [7, 11) is 0. The van der Waals surface area contributed by atoms with Crippen molar-refractivity contribution in [3.05, 3.63) is 29.7 Å². The first-order chi connectivity index (χ1) is 21.9. The van der Waals surface area contributed by atoms with Gasteiger partial charge < -0.3 is 30.0 Å². The van der Waals surface area contributed by atoms with Crippen LogP contribution in [0, 0.1) is 28.6 Å². The molecule has 0 spiro atoms. The van der Waals surface area contributed by atoms with Crippen LogP contribution in [0.2, 0.25) is 0 Å². The first kappa shape index (κ1) is 34.2. The summed E-state index contributed by atoms with van der Waals surface area (Å²) in [6.07, 6.45) is -5.32. The Morgan fingerprint density at radius 3 is 2.47 bits per heavy atom. The van der Waals surface area contributed by atoms with Crippen molar-refractivity contribution in [2.75, 3.05) is 19.7 Å². The first-order valence-corrected chi connectivity index (χ1v) is 15.7. The van der Waals surface area contributed by atoms with Gasteiger partial charge in [-0.1, -0.05) is 40.7 Å². The molecular formula is C32H40F3N5O7. The number of amides is 4. The highest BCUT2D eigenvalue weighted by atomic mass is 19.4. The van der Waals surface area contributed by atoms with Gasteiger partial charge in [0.2, 0.25) is 23.5 Å². The van der Waals surface area contributed by atoms with Gasteiger partial charge in [0, 0.05) is 19.0 Å². The van der Waals surface area contributed by atoms with E-state index in [-0.39, 0.29) is 48.3 Å². The van der Waals surface area contributed by atoms with Crippen LogP contribution in [-0.4, -0.2) is 77.3 Å². The van der Waals surface area contributed by atoms with Gasteiger partial charge in [0.15, 0.2) is 5.58 Å². The standard InChI is InChI=1S/C32H40F3N5O7/c1-7-46-29(45)39-24(30(2,3)4)28(44)40-14-17-20(31(17,5)6)22(40)26(43)37-18(13-15-11-12-36-25(15)42)23(41)27-38-21-16(32(33,34)35)9-8-10-19(21)47-27/h8-10,15,17-18,20,22,24H,7,11-14H2,1-6H3,(H,36,42)(H,37,43)(H,39,45)/t15-,17-,18-,20-,22-,24+/m0/s1. The van der Waals surface area contributed by atoms with E-state index < -0.39 is 76.3 Å². The molecule has 0 unspecified atom stereocenters. The van der Waals surface area contributed by atoms with Crippen molar-refractivity contribution in [3.8, 4) is 0 Å². The Balaban J connectivity index is 1.46. The monoisotopic (exact) mass is 663 g/mol. The summed E-state index contributed by atoms with van der Waals surface area (Å²) in [6, 6.07) is -0.257. The number of carbonyl (C=O) groups is 5. The van der Waals surface area contributed by atoms with Crippen molar-refractivity contribution in [2.45, 2.75) is 78.7 Å². The number of oxazole rings is 1. The molecule has 2 saturated heterocycles. The van der Waals surface area contributed by atoms with Crippen LogP contribution in [0.25, 0.3) is 11.1 Å². The number of nitrogens with one attached hydrogen (secondary N) is 3. The molecule has 0 bridgehead atoms. The molecule has 1 aromatic heterocycles. The molecule has 1 aromatic carbocycles. The molecule has 47 heavy (non-hydrogen) atoms. The van der Waals surface area contributed by atoms with E-state index in [0.717, 1.165) is 12.1 Å². The lowest BCUT2D eigenvalue weighted by molar-refractivity contribution is -0.144. The number of ketones is 1. The fourth-order valence-corrected chi connectivity index (χ4v) is 6.99. The number of likely N-dealkylation sites (tertiary alicyclic amines) is 1. The van der Waals surface area contributed by atoms with Crippen LogP contribution in [0.15, 0.2) is 22.6 Å². The lowest BCUT2D eigenvalue weighted by Crippen LogP contribution is -2.60. The highest BCUT2D eigenvalue weighted by Crippen LogP contribution is 2.65. The number of piperidine rings is 1. The first-order valence-electron chi connectivity index (χ1n) is 15.7. The third kappa shape index (κ3) is 6.53. The Bertz CT molecular complexity index is 1600. The average molecular weight is 664 g/mol. The number of rotatable bonds is 9. The molecule has 15 heteroatoms. The number of fused-ring (bicyclic) bond motifs is 2. The maximum absolute atomic E-state index is 14.2. The zero-order valence-corrected chi connectivity index (χ0v) is 27.1. The predicted molar refractivity (Wildman–Crippen MR) is 161 cm³/mol. The molecule has 4 amide bonds. The molecule has 5 rings (SSSR count). The fraction of sp³-hybridized carbons (Fsp3) is 0.625. The van der Waals surface area contributed by atoms with E-state index in [1.54, 1.807) is 27.7 Å². The Labute approximate surface area is 269 Å². The maximum Gasteiger partial charge on any atom is 0.418 e. The number of hydrogen-bond acceptors (Lipinski definition) is 8. The molecule has 3 aliphatic rings. The van der Waals surface area contributed by atoms with Crippen molar-refractivity contribution < 1.29 is 46.3 Å². The Morgan fingerprint density at radius 1 is 1.17 bits per heavy atom. The summed E-state index contributed by atoms with van der Waals surface area (Å²) in [6.45, 7) is 11.6. The number of para-hydroxylation sites is 1. The van der Waals surface area contributed by atoms with Crippen molar-refractivity contribution in [1.29, 1.82) is 0 Å². The summed E-state index contributed by atoms with van der Waals surface area (Å²) in [5.74, 6) is -3.98. The zero-order valence-electron chi connectivity index (χ0n) is 27.1. The minimum absolute atomic E-state index is 0.0296. The number of alkyl carbamates (subject to hydrolysis) is 1. The highest BCUT2D eigenvalue weighted by Gasteiger charge is 2.70. The van der Waals surface area contributed by atoms with E-state index >= 15 is 0 Å². The third-order valence-electron chi connectivity index (χ3n) is 9.66. The van der Waals surface area contributed by atoms with Gasteiger partial charge in [0.25, 0.3) is 5.89 Å². The molecule has 3 heterocycles. The summed E-state index contributed by atoms with van der Waals surface area (Å²) in [5, 5.41) is 8.02. The average Bonchev–Trinajstić information content (AvgIpc) is 3.48. The number of halogens is 3. The minimum atomic E-state index is -4.76. The summed E-state index contributed by atoms with van der Waals surface area (Å²) in [4.78, 5) is 72.2. The van der Waals surface area contributed by atoms with E-state index in [4.69, 9.17) is 9.15 Å². The van der Waals surface area contributed by atoms with Crippen LogP contribution in [0.3, 0.4) is 0 Å². The van der Waals surface area contributed by atoms with Gasteiger partial charge in [0.05, 0.1) is 18.2 Å². The van der Waals surface area contributed by atoms with Crippen molar-refractivity contribution in [2.24, 2.45) is 28.6 Å². The zero-order chi connectivity index (χ0) is 34.6. The van der Waals surface area contributed by atoms with Gasteiger partial charge in [-0.05, 0) is 54.6 Å². The summed E-state index contributed by atoms with van der Waals surface area (Å²) < 4.78 is 51.5. The number of hydrogen-bond donors (Lipinski definition) is 3. The Hall–Kier alpha value is -4.17. The van der Waals surface area contributed by atoms with Crippen LogP contribution >= 0.6 is 0 Å². The second-order valence-corrected chi connectivity index (χ2v) is 14.2. The van der Waals surface area contributed by atoms with E-state index in [9.17, 15) is 37.1 Å². The Morgan fingerprint density at radius 2 is 1.87 bits per heavy atom. The number of benzene rings is 1. The number of Topliss-reactive ketones (excluding diaryl/α,β-unsaturated/α-hetero) is 1. The fourth-order valence-electron chi connectivity index (χ4n) is 6.99. The van der Waals surface area contributed by atoms with Crippen molar-refractivity contribution in [3.63, 3.8) is 0 Å². The van der Waals surface area contributed by atoms with Crippen molar-refractivity contribution in [1.82, 2.24) is 25.8 Å². The molecule has 12 nitrogen and oxygen atoms in total. The van der Waals surface area contributed by atoms with Crippen LogP contribution < -0.4 is 16.0 Å². The molecule has 256 valence electrons. The van der Waals surface area contributed by atoms with Gasteiger partial charge in [-0.25, -0.2) is 9.78 Å². The van der Waals surface area contributed by atoms with E-state index in [1.807, 2.05) is 13.8 Å². The molecule has 3 N–H and O–H groups in total. The van der Waals surface area contributed by atoms with Crippen LogP contribution in [0.5, 0.6) is 0 Å². The predicted octanol–water partition coefficient (Wildman–Crippen LogP) is 3.68. The molecule has 3 fully saturated rings. The van der Waals surface area contributed by atoms with E-state index in [2.05, 4.69) is 20.9 Å². The van der Waals surface area contributed by atoms with Gasteiger partial charge >= 0.3 is 12.3 Å². The number of alkyl halides is 3. The maximum atomic E-state index is 14.2. The van der Waals surface area contributed by atoms with E-state index in [1.165, 1.54) is 11.0 Å². The quantitative estimate of drug-likeness (QED) is 0.343. The molecule has 0 radical (unpaired) electrons. The smallest absolute Gasteiger partial charge is 0.418 e. The molecule has 2 aromatic rings. The van der Waals surface area contributed by atoms with Crippen LogP contribution in [0.1, 0.15) is 70.6 Å². The number of ether oxygens (including phenoxy) is 1. The number of aromatic nitrogens is 1. The van der Waals surface area contributed by atoms with Gasteiger partial charge in [0.1, 0.15) is 17.6 Å². The topological polar surface area (TPSA) is 160 Å². The van der Waals surface area contributed by atoms with Gasteiger partial charge in [-0.3, -0.25) is 19.2 Å².